The monoisotopic (exact) mass is 393 g/mol. The van der Waals surface area contributed by atoms with E-state index in [9.17, 15) is 4.79 Å². The quantitative estimate of drug-likeness (QED) is 0.473. The zero-order valence-electron chi connectivity index (χ0n) is 16.5. The molecule has 1 aromatic rings. The van der Waals surface area contributed by atoms with Gasteiger partial charge in [-0.05, 0) is 38.5 Å². The number of ether oxygens (including phenoxy) is 4. The Morgan fingerprint density at radius 1 is 1.25 bits per heavy atom. The fourth-order valence-electron chi connectivity index (χ4n) is 2.81. The van der Waals surface area contributed by atoms with Crippen LogP contribution in [0.5, 0.6) is 11.5 Å². The summed E-state index contributed by atoms with van der Waals surface area (Å²) in [5.74, 6) is 1.55. The van der Waals surface area contributed by atoms with Crippen LogP contribution in [0.2, 0.25) is 0 Å². The Bertz CT molecular complexity index is 731. The molecule has 0 spiro atoms. The maximum Gasteiger partial charge on any atom is 0.411 e. The lowest BCUT2D eigenvalue weighted by molar-refractivity contribution is -0.0190. The van der Waals surface area contributed by atoms with Gasteiger partial charge in [0.05, 0.1) is 13.2 Å². The highest BCUT2D eigenvalue weighted by Gasteiger charge is 2.33. The number of hydrogen-bond donors (Lipinski definition) is 1. The Balaban J connectivity index is 1.60. The van der Waals surface area contributed by atoms with Crippen LogP contribution in [0.25, 0.3) is 0 Å². The van der Waals surface area contributed by atoms with E-state index in [0.29, 0.717) is 37.9 Å². The van der Waals surface area contributed by atoms with Gasteiger partial charge in [0.15, 0.2) is 17.3 Å². The summed E-state index contributed by atoms with van der Waals surface area (Å²) >= 11 is 0. The average Bonchev–Trinajstić information content (AvgIpc) is 2.66. The Morgan fingerprint density at radius 2 is 2.00 bits per heavy atom. The summed E-state index contributed by atoms with van der Waals surface area (Å²) in [4.78, 5) is 19.3. The number of rotatable bonds is 4. The van der Waals surface area contributed by atoms with E-state index in [4.69, 9.17) is 29.5 Å². The van der Waals surface area contributed by atoms with Crippen LogP contribution in [0.4, 0.5) is 4.79 Å². The third-order valence-corrected chi connectivity index (χ3v) is 4.11. The van der Waals surface area contributed by atoms with Crippen LogP contribution in [0.3, 0.4) is 0 Å². The number of benzene rings is 1. The fourth-order valence-corrected chi connectivity index (χ4v) is 2.81. The molecule has 2 aliphatic rings. The lowest BCUT2D eigenvalue weighted by Gasteiger charge is -2.35. The van der Waals surface area contributed by atoms with Crippen molar-refractivity contribution in [3.05, 3.63) is 23.8 Å². The Kier molecular flexibility index (Phi) is 6.13. The number of amidine groups is 1. The molecule has 1 aromatic carbocycles. The minimum absolute atomic E-state index is 0.156. The molecule has 1 amide bonds. The van der Waals surface area contributed by atoms with Crippen LogP contribution in [0.1, 0.15) is 26.3 Å². The number of oxime groups is 1. The van der Waals surface area contributed by atoms with Crippen molar-refractivity contribution >= 4 is 11.9 Å². The number of morpholine rings is 1. The number of carbonyl (C=O) groups is 1. The van der Waals surface area contributed by atoms with E-state index in [1.807, 2.05) is 39.0 Å². The molecule has 28 heavy (non-hydrogen) atoms. The van der Waals surface area contributed by atoms with E-state index in [2.05, 4.69) is 5.16 Å². The molecule has 1 atom stereocenters. The summed E-state index contributed by atoms with van der Waals surface area (Å²) in [6, 6.07) is 5.01. The van der Waals surface area contributed by atoms with Gasteiger partial charge < -0.3 is 29.5 Å². The van der Waals surface area contributed by atoms with Gasteiger partial charge in [0.1, 0.15) is 31.5 Å². The lowest BCUT2D eigenvalue weighted by Crippen LogP contribution is -2.55. The molecule has 1 saturated heterocycles. The highest BCUT2D eigenvalue weighted by molar-refractivity contribution is 5.88. The topological polar surface area (TPSA) is 105 Å². The predicted molar refractivity (Wildman–Crippen MR) is 101 cm³/mol. The van der Waals surface area contributed by atoms with Gasteiger partial charge in [-0.25, -0.2) is 4.79 Å². The van der Waals surface area contributed by atoms with Crippen LogP contribution in [0, 0.1) is 0 Å². The lowest BCUT2D eigenvalue weighted by atomic mass is 10.2. The number of fused-ring (bicyclic) bond motifs is 1. The zero-order chi connectivity index (χ0) is 20.1. The maximum absolute atomic E-state index is 12.4. The van der Waals surface area contributed by atoms with Gasteiger partial charge in [0.2, 0.25) is 0 Å². The van der Waals surface area contributed by atoms with Crippen LogP contribution in [0.15, 0.2) is 23.4 Å². The van der Waals surface area contributed by atoms with Gasteiger partial charge in [0.25, 0.3) is 0 Å². The van der Waals surface area contributed by atoms with E-state index in [-0.39, 0.29) is 19.0 Å². The summed E-state index contributed by atoms with van der Waals surface area (Å²) in [7, 11) is 0. The normalized spacial score (nSPS) is 19.9. The molecule has 0 aliphatic carbocycles. The number of carbonyl (C=O) groups excluding carboxylic acids is 1. The van der Waals surface area contributed by atoms with Crippen molar-refractivity contribution in [3.63, 3.8) is 0 Å². The van der Waals surface area contributed by atoms with Crippen molar-refractivity contribution in [2.45, 2.75) is 39.0 Å². The highest BCUT2D eigenvalue weighted by atomic mass is 16.6. The SMILES string of the molecule is CC(C)(C)OC(=O)N1CCOC[C@@H]1C(N)=NOCc1ccc2c(c1)OCCO2. The first-order valence-corrected chi connectivity index (χ1v) is 9.25. The average molecular weight is 393 g/mol. The maximum atomic E-state index is 12.4. The molecule has 2 heterocycles. The fraction of sp³-hybridized carbons (Fsp3) is 0.579. The molecule has 154 valence electrons. The number of amides is 1. The molecule has 9 nitrogen and oxygen atoms in total. The van der Waals surface area contributed by atoms with Crippen LogP contribution < -0.4 is 15.2 Å². The largest absolute Gasteiger partial charge is 0.486 e. The summed E-state index contributed by atoms with van der Waals surface area (Å²) in [5.41, 5.74) is 6.34. The van der Waals surface area contributed by atoms with Crippen LogP contribution in [-0.2, 0) is 20.9 Å². The van der Waals surface area contributed by atoms with Gasteiger partial charge >= 0.3 is 6.09 Å². The van der Waals surface area contributed by atoms with Crippen molar-refractivity contribution in [3.8, 4) is 11.5 Å². The molecule has 0 saturated carbocycles. The number of hydrogen-bond acceptors (Lipinski definition) is 7. The van der Waals surface area contributed by atoms with Gasteiger partial charge in [-0.3, -0.25) is 4.90 Å². The van der Waals surface area contributed by atoms with Gasteiger partial charge in [-0.15, -0.1) is 0 Å². The molecule has 0 unspecified atom stereocenters. The van der Waals surface area contributed by atoms with E-state index in [1.165, 1.54) is 4.90 Å². The van der Waals surface area contributed by atoms with Gasteiger partial charge in [-0.1, -0.05) is 11.2 Å². The Labute approximate surface area is 164 Å². The minimum atomic E-state index is -0.597. The van der Waals surface area contributed by atoms with Crippen molar-refractivity contribution < 1.29 is 28.6 Å². The first kappa shape index (κ1) is 20.1. The minimum Gasteiger partial charge on any atom is -0.486 e. The Morgan fingerprint density at radius 3 is 2.75 bits per heavy atom. The second-order valence-corrected chi connectivity index (χ2v) is 7.53. The summed E-state index contributed by atoms with van der Waals surface area (Å²) in [6.45, 7) is 7.74. The third-order valence-electron chi connectivity index (χ3n) is 4.11. The number of nitrogens with zero attached hydrogens (tertiary/aromatic N) is 2. The summed E-state index contributed by atoms with van der Waals surface area (Å²) < 4.78 is 21.9. The second kappa shape index (κ2) is 8.55. The van der Waals surface area contributed by atoms with Gasteiger partial charge in [0, 0.05) is 6.54 Å². The molecule has 1 fully saturated rings. The molecular formula is C19H27N3O6. The van der Waals surface area contributed by atoms with E-state index in [0.717, 1.165) is 5.56 Å². The van der Waals surface area contributed by atoms with Crippen LogP contribution >= 0.6 is 0 Å². The van der Waals surface area contributed by atoms with E-state index < -0.39 is 17.7 Å². The van der Waals surface area contributed by atoms with Crippen molar-refractivity contribution in [1.29, 1.82) is 0 Å². The molecule has 2 aliphatic heterocycles. The standard InChI is InChI=1S/C19H27N3O6/c1-19(2,3)28-18(23)22-6-7-24-12-14(22)17(20)21-27-11-13-4-5-15-16(10-13)26-9-8-25-15/h4-5,10,14H,6-9,11-12H2,1-3H3,(H2,20,21)/t14-/m1/s1. The van der Waals surface area contributed by atoms with Crippen molar-refractivity contribution in [2.24, 2.45) is 10.9 Å². The third kappa shape index (κ3) is 5.19. The van der Waals surface area contributed by atoms with Crippen LogP contribution in [-0.4, -0.2) is 61.4 Å². The smallest absolute Gasteiger partial charge is 0.411 e. The summed E-state index contributed by atoms with van der Waals surface area (Å²) in [5, 5.41) is 3.98. The Hall–Kier alpha value is -2.68. The summed E-state index contributed by atoms with van der Waals surface area (Å²) in [6.07, 6.45) is -0.453. The number of nitrogens with two attached hydrogens (primary N) is 1. The molecule has 9 heteroatoms. The van der Waals surface area contributed by atoms with Gasteiger partial charge in [-0.2, -0.15) is 0 Å². The highest BCUT2D eigenvalue weighted by Crippen LogP contribution is 2.30. The molecule has 0 radical (unpaired) electrons. The predicted octanol–water partition coefficient (Wildman–Crippen LogP) is 1.88. The van der Waals surface area contributed by atoms with Crippen molar-refractivity contribution in [1.82, 2.24) is 4.90 Å². The molecular weight excluding hydrogens is 366 g/mol. The molecule has 0 aromatic heterocycles. The molecule has 2 N–H and O–H groups in total. The zero-order valence-corrected chi connectivity index (χ0v) is 16.5. The molecule has 0 bridgehead atoms. The first-order chi connectivity index (χ1) is 13.3. The molecule has 3 rings (SSSR count). The van der Waals surface area contributed by atoms with Crippen molar-refractivity contribution in [2.75, 3.05) is 33.0 Å². The van der Waals surface area contributed by atoms with E-state index in [1.54, 1.807) is 0 Å². The first-order valence-electron chi connectivity index (χ1n) is 9.25. The van der Waals surface area contributed by atoms with E-state index >= 15 is 0 Å². The second-order valence-electron chi connectivity index (χ2n) is 7.53.